The van der Waals surface area contributed by atoms with Crippen molar-refractivity contribution in [3.8, 4) is 50.2 Å². The molecule has 0 saturated heterocycles. The maximum absolute atomic E-state index is 2.46. The van der Waals surface area contributed by atoms with Crippen LogP contribution in [0, 0.1) is 0 Å². The van der Waals surface area contributed by atoms with E-state index >= 15 is 0 Å². The van der Waals surface area contributed by atoms with Gasteiger partial charge >= 0.3 is 0 Å². The third-order valence-corrected chi connectivity index (χ3v) is 12.8. The van der Waals surface area contributed by atoms with Gasteiger partial charge in [0.25, 0.3) is 0 Å². The topological polar surface area (TPSA) is 8.17 Å². The normalized spacial score (nSPS) is 11.4. The van der Waals surface area contributed by atoms with Crippen molar-refractivity contribution in [2.45, 2.75) is 0 Å². The minimum absolute atomic E-state index is 1.09. The monoisotopic (exact) mass is 814 g/mol. The Kier molecular flexibility index (Phi) is 9.20. The molecule has 2 heteroatoms. The minimum Gasteiger partial charge on any atom is -0.310 e. The fraction of sp³-hybridized carbons (Fsp3) is 0. The fourth-order valence-electron chi connectivity index (χ4n) is 9.71. The Balaban J connectivity index is 1.000. The number of nitrogens with zero attached hydrogens (tertiary/aromatic N) is 2. The second-order valence-corrected chi connectivity index (χ2v) is 16.5. The first kappa shape index (κ1) is 37.3. The van der Waals surface area contributed by atoms with Crippen molar-refractivity contribution in [3.63, 3.8) is 0 Å². The summed E-state index contributed by atoms with van der Waals surface area (Å²) in [5, 5.41) is 7.44. The van der Waals surface area contributed by atoms with Crippen LogP contribution in [0.3, 0.4) is 0 Å². The standard InChI is InChI=1S/C62H42N2/c1-4-17-43(18-5-1)46-23-16-24-47(39-46)44-31-34-52(35-32-44)63(51-25-8-3-9-26-51)61-37-33-50(41-57(61)45-19-6-2-7-20-45)53-36-38-60(55-28-13-12-27-54(53)55)64-59-30-15-14-29-56(59)58-40-48-21-10-11-22-49(48)42-62(58)64/h1-42H. The Bertz CT molecular complexity index is 3640. The molecule has 2 nitrogen and oxygen atoms in total. The van der Waals surface area contributed by atoms with Crippen LogP contribution in [0.1, 0.15) is 0 Å². The first-order valence-corrected chi connectivity index (χ1v) is 22.0. The molecule has 12 aromatic rings. The molecule has 0 aliphatic heterocycles. The molecule has 0 fully saturated rings. The molecule has 12 rings (SSSR count). The molecule has 0 bridgehead atoms. The Morgan fingerprint density at radius 1 is 0.266 bits per heavy atom. The van der Waals surface area contributed by atoms with Crippen molar-refractivity contribution in [2.24, 2.45) is 0 Å². The molecule has 300 valence electrons. The smallest absolute Gasteiger partial charge is 0.0547 e. The number of para-hydroxylation sites is 2. The lowest BCUT2D eigenvalue weighted by Crippen LogP contribution is -2.11. The molecule has 0 spiro atoms. The largest absolute Gasteiger partial charge is 0.310 e. The van der Waals surface area contributed by atoms with Crippen LogP contribution in [0.15, 0.2) is 255 Å². The summed E-state index contributed by atoms with van der Waals surface area (Å²) in [5.41, 5.74) is 16.4. The number of benzene rings is 11. The third kappa shape index (κ3) is 6.52. The van der Waals surface area contributed by atoms with Gasteiger partial charge in [-0.3, -0.25) is 0 Å². The fourth-order valence-corrected chi connectivity index (χ4v) is 9.71. The molecule has 0 saturated carbocycles. The maximum Gasteiger partial charge on any atom is 0.0547 e. The summed E-state index contributed by atoms with van der Waals surface area (Å²) >= 11 is 0. The summed E-state index contributed by atoms with van der Waals surface area (Å²) in [6.45, 7) is 0. The lowest BCUT2D eigenvalue weighted by atomic mass is 9.92. The minimum atomic E-state index is 1.09. The van der Waals surface area contributed by atoms with Gasteiger partial charge in [0, 0.05) is 33.1 Å². The van der Waals surface area contributed by atoms with Crippen molar-refractivity contribution >= 4 is 60.4 Å². The van der Waals surface area contributed by atoms with E-state index in [2.05, 4.69) is 264 Å². The third-order valence-electron chi connectivity index (χ3n) is 12.8. The quantitative estimate of drug-likeness (QED) is 0.148. The van der Waals surface area contributed by atoms with Gasteiger partial charge in [-0.15, -0.1) is 0 Å². The van der Waals surface area contributed by atoms with Crippen LogP contribution >= 0.6 is 0 Å². The van der Waals surface area contributed by atoms with E-state index in [0.717, 1.165) is 28.2 Å². The van der Waals surface area contributed by atoms with Crippen LogP contribution in [0.5, 0.6) is 0 Å². The maximum atomic E-state index is 2.46. The summed E-state index contributed by atoms with van der Waals surface area (Å²) in [7, 11) is 0. The molecule has 11 aromatic carbocycles. The number of rotatable bonds is 8. The number of hydrogen-bond donors (Lipinski definition) is 0. The molecule has 0 amide bonds. The second kappa shape index (κ2) is 15.8. The van der Waals surface area contributed by atoms with Gasteiger partial charge in [-0.25, -0.2) is 0 Å². The van der Waals surface area contributed by atoms with Gasteiger partial charge in [0.15, 0.2) is 0 Å². The Morgan fingerprint density at radius 3 is 1.55 bits per heavy atom. The van der Waals surface area contributed by atoms with E-state index in [-0.39, 0.29) is 0 Å². The van der Waals surface area contributed by atoms with Crippen LogP contribution in [0.25, 0.3) is 93.5 Å². The zero-order valence-electron chi connectivity index (χ0n) is 35.1. The highest BCUT2D eigenvalue weighted by atomic mass is 15.1. The van der Waals surface area contributed by atoms with Crippen molar-refractivity contribution in [1.82, 2.24) is 4.57 Å². The zero-order valence-corrected chi connectivity index (χ0v) is 35.1. The van der Waals surface area contributed by atoms with Gasteiger partial charge in [-0.05, 0) is 122 Å². The average Bonchev–Trinajstić information content (AvgIpc) is 3.69. The van der Waals surface area contributed by atoms with E-state index in [4.69, 9.17) is 0 Å². The highest BCUT2D eigenvalue weighted by molar-refractivity contribution is 6.15. The number of hydrogen-bond acceptors (Lipinski definition) is 1. The first-order valence-electron chi connectivity index (χ1n) is 22.0. The van der Waals surface area contributed by atoms with Crippen molar-refractivity contribution < 1.29 is 0 Å². The summed E-state index contributed by atoms with van der Waals surface area (Å²) in [6.07, 6.45) is 0. The average molecular weight is 815 g/mol. The highest BCUT2D eigenvalue weighted by Crippen LogP contribution is 2.45. The van der Waals surface area contributed by atoms with Crippen molar-refractivity contribution in [3.05, 3.63) is 255 Å². The van der Waals surface area contributed by atoms with Gasteiger partial charge in [0.05, 0.1) is 22.4 Å². The summed E-state index contributed by atoms with van der Waals surface area (Å²) in [4.78, 5) is 2.39. The van der Waals surface area contributed by atoms with Gasteiger partial charge in [0.1, 0.15) is 0 Å². The van der Waals surface area contributed by atoms with Gasteiger partial charge < -0.3 is 9.47 Å². The van der Waals surface area contributed by atoms with Crippen LogP contribution in [0.4, 0.5) is 17.1 Å². The lowest BCUT2D eigenvalue weighted by Gasteiger charge is -2.28. The molecule has 64 heavy (non-hydrogen) atoms. The van der Waals surface area contributed by atoms with E-state index in [9.17, 15) is 0 Å². The van der Waals surface area contributed by atoms with Crippen molar-refractivity contribution in [2.75, 3.05) is 4.90 Å². The SMILES string of the molecule is c1ccc(-c2cccc(-c3ccc(N(c4ccccc4)c4ccc(-c5ccc(-n6c7ccccc7c7cc8ccccc8cc76)c6ccccc56)cc4-c4ccccc4)cc3)c2)cc1. The summed E-state index contributed by atoms with van der Waals surface area (Å²) < 4.78 is 2.46. The van der Waals surface area contributed by atoms with E-state index < -0.39 is 0 Å². The zero-order chi connectivity index (χ0) is 42.4. The molecular formula is C62H42N2. The number of aromatic nitrogens is 1. The molecule has 0 radical (unpaired) electrons. The molecular weight excluding hydrogens is 773 g/mol. The van der Waals surface area contributed by atoms with E-state index in [1.54, 1.807) is 0 Å². The predicted octanol–water partition coefficient (Wildman–Crippen LogP) is 17.2. The Hall–Kier alpha value is -8.46. The molecule has 0 aliphatic carbocycles. The van der Waals surface area contributed by atoms with E-state index in [1.165, 1.54) is 82.4 Å². The van der Waals surface area contributed by atoms with Crippen LogP contribution in [0.2, 0.25) is 0 Å². The second-order valence-electron chi connectivity index (χ2n) is 16.5. The Labute approximate surface area is 373 Å². The van der Waals surface area contributed by atoms with Gasteiger partial charge in [-0.2, -0.15) is 0 Å². The summed E-state index contributed by atoms with van der Waals surface area (Å²) in [6, 6.07) is 92.7. The van der Waals surface area contributed by atoms with Crippen LogP contribution in [-0.4, -0.2) is 4.57 Å². The first-order chi connectivity index (χ1) is 31.7. The van der Waals surface area contributed by atoms with Crippen molar-refractivity contribution in [1.29, 1.82) is 0 Å². The molecule has 0 unspecified atom stereocenters. The highest BCUT2D eigenvalue weighted by Gasteiger charge is 2.21. The Morgan fingerprint density at radius 2 is 0.812 bits per heavy atom. The molecule has 0 N–H and O–H groups in total. The van der Waals surface area contributed by atoms with Crippen LogP contribution < -0.4 is 4.90 Å². The molecule has 1 heterocycles. The van der Waals surface area contributed by atoms with Crippen LogP contribution in [-0.2, 0) is 0 Å². The van der Waals surface area contributed by atoms with Gasteiger partial charge in [0.2, 0.25) is 0 Å². The number of fused-ring (bicyclic) bond motifs is 5. The lowest BCUT2D eigenvalue weighted by molar-refractivity contribution is 1.20. The molecule has 1 aromatic heterocycles. The molecule has 0 atom stereocenters. The summed E-state index contributed by atoms with van der Waals surface area (Å²) in [5.74, 6) is 0. The van der Waals surface area contributed by atoms with Gasteiger partial charge in [-0.1, -0.05) is 188 Å². The van der Waals surface area contributed by atoms with E-state index in [0.29, 0.717) is 0 Å². The van der Waals surface area contributed by atoms with E-state index in [1.807, 2.05) is 0 Å². The molecule has 0 aliphatic rings. The number of anilines is 3. The predicted molar refractivity (Wildman–Crippen MR) is 272 cm³/mol.